The highest BCUT2D eigenvalue weighted by atomic mass is 32.2. The number of benzene rings is 1. The molecule has 2 amide bonds. The van der Waals surface area contributed by atoms with E-state index in [1.165, 1.54) is 4.31 Å². The van der Waals surface area contributed by atoms with Crippen LogP contribution in [0.1, 0.15) is 11.1 Å². The SMILES string of the molecule is O=C(NCCS(=O)(=O)N1CCOCC1)NCc1ccc(COCC(F)(F)F)cc1. The smallest absolute Gasteiger partial charge is 0.379 e. The summed E-state index contributed by atoms with van der Waals surface area (Å²) in [4.78, 5) is 11.8. The van der Waals surface area contributed by atoms with Crippen LogP contribution in [0.4, 0.5) is 18.0 Å². The van der Waals surface area contributed by atoms with E-state index in [-0.39, 0.29) is 25.4 Å². The van der Waals surface area contributed by atoms with Gasteiger partial charge in [0.15, 0.2) is 0 Å². The van der Waals surface area contributed by atoms with E-state index in [2.05, 4.69) is 15.4 Å². The predicted molar refractivity (Wildman–Crippen MR) is 98.6 cm³/mol. The Balaban J connectivity index is 1.65. The molecule has 1 aromatic carbocycles. The highest BCUT2D eigenvalue weighted by molar-refractivity contribution is 7.89. The van der Waals surface area contributed by atoms with Crippen molar-refractivity contribution < 1.29 is 35.9 Å². The highest BCUT2D eigenvalue weighted by Crippen LogP contribution is 2.15. The van der Waals surface area contributed by atoms with Crippen molar-refractivity contribution in [1.82, 2.24) is 14.9 Å². The van der Waals surface area contributed by atoms with Gasteiger partial charge in [-0.2, -0.15) is 17.5 Å². The van der Waals surface area contributed by atoms with Crippen molar-refractivity contribution in [2.45, 2.75) is 19.3 Å². The molecule has 0 radical (unpaired) electrons. The molecule has 0 bridgehead atoms. The molecule has 0 spiro atoms. The minimum Gasteiger partial charge on any atom is -0.379 e. The molecule has 1 aliphatic heterocycles. The number of hydrogen-bond acceptors (Lipinski definition) is 5. The number of ether oxygens (including phenoxy) is 2. The second-order valence-electron chi connectivity index (χ2n) is 6.36. The molecule has 0 atom stereocenters. The van der Waals surface area contributed by atoms with Crippen molar-refractivity contribution in [2.24, 2.45) is 0 Å². The van der Waals surface area contributed by atoms with Crippen LogP contribution in [0.25, 0.3) is 0 Å². The van der Waals surface area contributed by atoms with E-state index in [0.717, 1.165) is 5.56 Å². The maximum atomic E-state index is 12.1. The summed E-state index contributed by atoms with van der Waals surface area (Å²) in [5, 5.41) is 5.08. The molecule has 12 heteroatoms. The first-order valence-corrected chi connectivity index (χ1v) is 10.6. The van der Waals surface area contributed by atoms with Crippen molar-refractivity contribution >= 4 is 16.1 Å². The number of halogens is 3. The van der Waals surface area contributed by atoms with Gasteiger partial charge < -0.3 is 20.1 Å². The molecule has 29 heavy (non-hydrogen) atoms. The molecular formula is C17H24F3N3O5S. The molecule has 0 saturated carbocycles. The average Bonchev–Trinajstić information content (AvgIpc) is 2.67. The molecule has 1 aromatic rings. The minimum atomic E-state index is -4.36. The van der Waals surface area contributed by atoms with Crippen LogP contribution in [-0.2, 0) is 32.6 Å². The first-order valence-electron chi connectivity index (χ1n) is 8.95. The van der Waals surface area contributed by atoms with Crippen LogP contribution in [0, 0.1) is 0 Å². The van der Waals surface area contributed by atoms with Crippen LogP contribution < -0.4 is 10.6 Å². The first kappa shape index (κ1) is 23.4. The van der Waals surface area contributed by atoms with Crippen LogP contribution in [0.15, 0.2) is 24.3 Å². The second-order valence-corrected chi connectivity index (χ2v) is 8.45. The lowest BCUT2D eigenvalue weighted by Gasteiger charge is -2.26. The monoisotopic (exact) mass is 439 g/mol. The summed E-state index contributed by atoms with van der Waals surface area (Å²) in [6.45, 7) is 0.0358. The third-order valence-corrected chi connectivity index (χ3v) is 5.89. The molecule has 8 nitrogen and oxygen atoms in total. The van der Waals surface area contributed by atoms with Crippen molar-refractivity contribution in [3.8, 4) is 0 Å². The number of amides is 2. The van der Waals surface area contributed by atoms with E-state index < -0.39 is 28.8 Å². The van der Waals surface area contributed by atoms with Gasteiger partial charge in [0.2, 0.25) is 10.0 Å². The molecule has 2 N–H and O–H groups in total. The summed E-state index contributed by atoms with van der Waals surface area (Å²) in [6, 6.07) is 6.03. The van der Waals surface area contributed by atoms with Crippen molar-refractivity contribution in [2.75, 3.05) is 45.2 Å². The molecule has 0 aliphatic carbocycles. The molecule has 1 heterocycles. The zero-order chi connectivity index (χ0) is 21.3. The summed E-state index contributed by atoms with van der Waals surface area (Å²) in [5.74, 6) is -0.201. The summed E-state index contributed by atoms with van der Waals surface area (Å²) < 4.78 is 71.4. The quantitative estimate of drug-likeness (QED) is 0.603. The maximum absolute atomic E-state index is 12.1. The zero-order valence-electron chi connectivity index (χ0n) is 15.7. The van der Waals surface area contributed by atoms with E-state index >= 15 is 0 Å². The number of rotatable bonds is 9. The zero-order valence-corrected chi connectivity index (χ0v) is 16.5. The summed E-state index contributed by atoms with van der Waals surface area (Å²) >= 11 is 0. The van der Waals surface area contributed by atoms with E-state index in [1.54, 1.807) is 24.3 Å². The van der Waals surface area contributed by atoms with E-state index in [4.69, 9.17) is 4.74 Å². The van der Waals surface area contributed by atoms with Gasteiger partial charge in [-0.1, -0.05) is 24.3 Å². The van der Waals surface area contributed by atoms with Gasteiger partial charge in [-0.05, 0) is 11.1 Å². The molecule has 1 aliphatic rings. The minimum absolute atomic E-state index is 0.0268. The molecule has 1 fully saturated rings. The number of nitrogens with one attached hydrogen (secondary N) is 2. The topological polar surface area (TPSA) is 97.0 Å². The predicted octanol–water partition coefficient (Wildman–Crippen LogP) is 1.23. The maximum Gasteiger partial charge on any atom is 0.411 e. The Bertz CT molecular complexity index is 751. The molecular weight excluding hydrogens is 415 g/mol. The fourth-order valence-electron chi connectivity index (χ4n) is 2.53. The van der Waals surface area contributed by atoms with E-state index in [0.29, 0.717) is 31.9 Å². The lowest BCUT2D eigenvalue weighted by Crippen LogP contribution is -2.44. The van der Waals surface area contributed by atoms with Gasteiger partial charge in [-0.3, -0.25) is 0 Å². The largest absolute Gasteiger partial charge is 0.411 e. The standard InChI is InChI=1S/C17H24F3N3O5S/c18-17(19,20)13-28-12-15-3-1-14(2-4-15)11-22-16(24)21-5-10-29(25,26)23-6-8-27-9-7-23/h1-4H,5-13H2,(H2,21,22,24). The number of nitrogens with zero attached hydrogens (tertiary/aromatic N) is 1. The van der Waals surface area contributed by atoms with Gasteiger partial charge >= 0.3 is 12.2 Å². The second kappa shape index (κ2) is 10.8. The van der Waals surface area contributed by atoms with Crippen LogP contribution in [-0.4, -0.2) is 70.1 Å². The van der Waals surface area contributed by atoms with Gasteiger partial charge in [-0.25, -0.2) is 13.2 Å². The number of sulfonamides is 1. The van der Waals surface area contributed by atoms with Gasteiger partial charge in [0, 0.05) is 26.2 Å². The number of alkyl halides is 3. The molecule has 164 valence electrons. The van der Waals surface area contributed by atoms with Crippen LogP contribution in [0.2, 0.25) is 0 Å². The van der Waals surface area contributed by atoms with Crippen molar-refractivity contribution in [1.29, 1.82) is 0 Å². The Kier molecular flexibility index (Phi) is 8.68. The van der Waals surface area contributed by atoms with Gasteiger partial charge in [0.1, 0.15) is 6.61 Å². The average molecular weight is 439 g/mol. The summed E-state index contributed by atoms with van der Waals surface area (Å²) in [7, 11) is -3.44. The Morgan fingerprint density at radius 3 is 2.34 bits per heavy atom. The molecule has 0 aromatic heterocycles. The number of urea groups is 1. The van der Waals surface area contributed by atoms with Crippen molar-refractivity contribution in [3.63, 3.8) is 0 Å². The number of carbonyl (C=O) groups is 1. The highest BCUT2D eigenvalue weighted by Gasteiger charge is 2.27. The van der Waals surface area contributed by atoms with Gasteiger partial charge in [-0.15, -0.1) is 0 Å². The third kappa shape index (κ3) is 8.98. The number of carbonyl (C=O) groups excluding carboxylic acids is 1. The fraction of sp³-hybridized carbons (Fsp3) is 0.588. The summed E-state index contributed by atoms with van der Waals surface area (Å²) in [5.41, 5.74) is 1.32. The van der Waals surface area contributed by atoms with E-state index in [9.17, 15) is 26.4 Å². The van der Waals surface area contributed by atoms with Crippen molar-refractivity contribution in [3.05, 3.63) is 35.4 Å². The Morgan fingerprint density at radius 2 is 1.72 bits per heavy atom. The molecule has 1 saturated heterocycles. The van der Waals surface area contributed by atoms with Gasteiger partial charge in [0.05, 0.1) is 25.6 Å². The molecule has 2 rings (SSSR count). The Labute approximate surface area is 167 Å². The van der Waals surface area contributed by atoms with Crippen LogP contribution >= 0.6 is 0 Å². The van der Waals surface area contributed by atoms with Crippen LogP contribution in [0.5, 0.6) is 0 Å². The summed E-state index contributed by atoms with van der Waals surface area (Å²) in [6.07, 6.45) is -4.36. The number of morpholine rings is 1. The first-order chi connectivity index (χ1) is 13.7. The normalized spacial score (nSPS) is 15.8. The molecule has 0 unspecified atom stereocenters. The third-order valence-electron chi connectivity index (χ3n) is 4.02. The lowest BCUT2D eigenvalue weighted by atomic mass is 10.1. The Hall–Kier alpha value is -1.89. The number of hydrogen-bond donors (Lipinski definition) is 2. The van der Waals surface area contributed by atoms with Crippen LogP contribution in [0.3, 0.4) is 0 Å². The fourth-order valence-corrected chi connectivity index (χ4v) is 3.85. The lowest BCUT2D eigenvalue weighted by molar-refractivity contribution is -0.176. The van der Waals surface area contributed by atoms with Gasteiger partial charge in [0.25, 0.3) is 0 Å². The van der Waals surface area contributed by atoms with E-state index in [1.807, 2.05) is 0 Å². The Morgan fingerprint density at radius 1 is 1.10 bits per heavy atom.